The highest BCUT2D eigenvalue weighted by atomic mass is 32.2. The Bertz CT molecular complexity index is 726. The largest absolute Gasteiger partial charge is 0.297 e. The minimum Gasteiger partial charge on any atom is -0.288 e. The van der Waals surface area contributed by atoms with E-state index in [2.05, 4.69) is 0 Å². The zero-order valence-corrected chi connectivity index (χ0v) is 12.4. The number of hydrogen-bond acceptors (Lipinski definition) is 4. The average molecular weight is 306 g/mol. The Kier molecular flexibility index (Phi) is 4.82. The summed E-state index contributed by atoms with van der Waals surface area (Å²) in [6, 6.07) is 13.2. The number of ketones is 1. The van der Waals surface area contributed by atoms with Gasteiger partial charge in [-0.3, -0.25) is 8.98 Å². The van der Waals surface area contributed by atoms with Gasteiger partial charge in [-0.2, -0.15) is 13.0 Å². The van der Waals surface area contributed by atoms with Gasteiger partial charge in [0.05, 0.1) is 4.90 Å². The molecule has 0 bridgehead atoms. The number of pyridine rings is 1. The molecule has 0 unspecified atom stereocenters. The van der Waals surface area contributed by atoms with E-state index in [1.54, 1.807) is 47.2 Å². The molecule has 1 aromatic heterocycles. The standard InChI is InChI=1S/C15H16NO4S/c1-13(17)15-9-5-6-10-16(15)11-12-20-21(18,19)14-7-3-2-4-8-14/h2-10H,11-12H2,1H3/q+1. The van der Waals surface area contributed by atoms with Crippen molar-refractivity contribution < 1.29 is 22.0 Å². The lowest BCUT2D eigenvalue weighted by Gasteiger charge is -2.05. The van der Waals surface area contributed by atoms with Gasteiger partial charge in [0.25, 0.3) is 10.1 Å². The van der Waals surface area contributed by atoms with Crippen molar-refractivity contribution in [2.24, 2.45) is 0 Å². The van der Waals surface area contributed by atoms with Gasteiger partial charge in [-0.15, -0.1) is 0 Å². The molecule has 2 rings (SSSR count). The van der Waals surface area contributed by atoms with E-state index in [-0.39, 0.29) is 23.8 Å². The summed E-state index contributed by atoms with van der Waals surface area (Å²) in [5.41, 5.74) is 0.512. The SMILES string of the molecule is CC(=O)c1cccc[n+]1CCOS(=O)(=O)c1ccccc1. The molecule has 2 aromatic rings. The predicted molar refractivity (Wildman–Crippen MR) is 76.2 cm³/mol. The van der Waals surface area contributed by atoms with Gasteiger partial charge in [0.15, 0.2) is 12.7 Å². The molecule has 0 radical (unpaired) electrons. The summed E-state index contributed by atoms with van der Waals surface area (Å²) < 4.78 is 30.5. The normalized spacial score (nSPS) is 11.3. The fraction of sp³-hybridized carbons (Fsp3) is 0.200. The number of benzene rings is 1. The molecule has 0 amide bonds. The lowest BCUT2D eigenvalue weighted by atomic mass is 10.2. The highest BCUT2D eigenvalue weighted by Gasteiger charge is 2.18. The summed E-state index contributed by atoms with van der Waals surface area (Å²) in [7, 11) is -3.76. The Morgan fingerprint density at radius 3 is 2.43 bits per heavy atom. The summed E-state index contributed by atoms with van der Waals surface area (Å²) in [6.45, 7) is 1.71. The van der Waals surface area contributed by atoms with Crippen molar-refractivity contribution >= 4 is 15.9 Å². The van der Waals surface area contributed by atoms with Crippen molar-refractivity contribution in [2.45, 2.75) is 18.4 Å². The third-order valence-electron chi connectivity index (χ3n) is 2.90. The molecule has 0 spiro atoms. The van der Waals surface area contributed by atoms with Gasteiger partial charge >= 0.3 is 0 Å². The molecule has 110 valence electrons. The molecule has 0 aliphatic carbocycles. The van der Waals surface area contributed by atoms with Crippen LogP contribution >= 0.6 is 0 Å². The number of carbonyl (C=O) groups is 1. The fourth-order valence-electron chi connectivity index (χ4n) is 1.89. The van der Waals surface area contributed by atoms with E-state index in [4.69, 9.17) is 4.18 Å². The number of Topliss-reactive ketones (excluding diaryl/α,β-unsaturated/α-hetero) is 1. The summed E-state index contributed by atoms with van der Waals surface area (Å²) in [4.78, 5) is 11.6. The first kappa shape index (κ1) is 15.3. The second-order valence-corrected chi connectivity index (χ2v) is 6.04. The molecular weight excluding hydrogens is 290 g/mol. The summed E-state index contributed by atoms with van der Waals surface area (Å²) >= 11 is 0. The quantitative estimate of drug-likeness (QED) is 0.462. The zero-order valence-electron chi connectivity index (χ0n) is 11.6. The molecule has 0 saturated heterocycles. The third-order valence-corrected chi connectivity index (χ3v) is 4.23. The second kappa shape index (κ2) is 6.60. The van der Waals surface area contributed by atoms with Gasteiger partial charge < -0.3 is 0 Å². The number of carbonyl (C=O) groups excluding carboxylic acids is 1. The van der Waals surface area contributed by atoms with Crippen molar-refractivity contribution in [3.8, 4) is 0 Å². The highest BCUT2D eigenvalue weighted by molar-refractivity contribution is 7.86. The van der Waals surface area contributed by atoms with Gasteiger partial charge in [0.2, 0.25) is 11.5 Å². The lowest BCUT2D eigenvalue weighted by Crippen LogP contribution is -2.41. The second-order valence-electron chi connectivity index (χ2n) is 4.42. The number of rotatable bonds is 6. The minimum atomic E-state index is -3.76. The van der Waals surface area contributed by atoms with Crippen LogP contribution < -0.4 is 4.57 Å². The smallest absolute Gasteiger partial charge is 0.288 e. The topological polar surface area (TPSA) is 64.3 Å². The monoisotopic (exact) mass is 306 g/mol. The molecule has 1 aromatic carbocycles. The van der Waals surface area contributed by atoms with Crippen molar-refractivity contribution in [1.82, 2.24) is 0 Å². The van der Waals surface area contributed by atoms with Crippen LogP contribution in [-0.2, 0) is 20.8 Å². The van der Waals surface area contributed by atoms with Crippen LogP contribution in [0, 0.1) is 0 Å². The van der Waals surface area contributed by atoms with Crippen LogP contribution in [0.15, 0.2) is 59.6 Å². The third kappa shape index (κ3) is 3.96. The Morgan fingerprint density at radius 1 is 1.10 bits per heavy atom. The maximum atomic E-state index is 11.9. The number of aromatic nitrogens is 1. The molecule has 0 fully saturated rings. The molecule has 0 saturated carbocycles. The first-order valence-corrected chi connectivity index (χ1v) is 7.85. The minimum absolute atomic E-state index is 0.0355. The zero-order chi connectivity index (χ0) is 15.3. The van der Waals surface area contributed by atoms with E-state index in [0.29, 0.717) is 5.69 Å². The molecule has 0 atom stereocenters. The van der Waals surface area contributed by atoms with Gasteiger partial charge in [0.1, 0.15) is 6.61 Å². The van der Waals surface area contributed by atoms with Crippen LogP contribution in [0.25, 0.3) is 0 Å². The molecule has 0 aliphatic heterocycles. The average Bonchev–Trinajstić information content (AvgIpc) is 2.48. The van der Waals surface area contributed by atoms with E-state index >= 15 is 0 Å². The van der Waals surface area contributed by atoms with Crippen molar-refractivity contribution in [3.05, 3.63) is 60.4 Å². The summed E-state index contributed by atoms with van der Waals surface area (Å²) in [5, 5.41) is 0. The van der Waals surface area contributed by atoms with Crippen LogP contribution in [-0.4, -0.2) is 20.8 Å². The molecule has 21 heavy (non-hydrogen) atoms. The first-order chi connectivity index (χ1) is 10.0. The number of hydrogen-bond donors (Lipinski definition) is 0. The lowest BCUT2D eigenvalue weighted by molar-refractivity contribution is -0.699. The molecule has 0 N–H and O–H groups in total. The van der Waals surface area contributed by atoms with Crippen LogP contribution in [0.1, 0.15) is 17.4 Å². The van der Waals surface area contributed by atoms with E-state index in [0.717, 1.165) is 0 Å². The van der Waals surface area contributed by atoms with Crippen LogP contribution in [0.4, 0.5) is 0 Å². The number of nitrogens with zero attached hydrogens (tertiary/aromatic N) is 1. The molecular formula is C15H16NO4S+. The van der Waals surface area contributed by atoms with Gasteiger partial charge in [-0.1, -0.05) is 18.2 Å². The fourth-order valence-corrected chi connectivity index (χ4v) is 2.81. The first-order valence-electron chi connectivity index (χ1n) is 6.44. The van der Waals surface area contributed by atoms with E-state index in [1.807, 2.05) is 0 Å². The Morgan fingerprint density at radius 2 is 1.76 bits per heavy atom. The Balaban J connectivity index is 2.04. The van der Waals surface area contributed by atoms with Crippen molar-refractivity contribution in [2.75, 3.05) is 6.61 Å². The van der Waals surface area contributed by atoms with E-state index < -0.39 is 10.1 Å². The highest BCUT2D eigenvalue weighted by Crippen LogP contribution is 2.10. The molecule has 6 heteroatoms. The predicted octanol–water partition coefficient (Wildman–Crippen LogP) is 1.58. The van der Waals surface area contributed by atoms with Crippen molar-refractivity contribution in [1.29, 1.82) is 0 Å². The van der Waals surface area contributed by atoms with Crippen LogP contribution in [0.3, 0.4) is 0 Å². The van der Waals surface area contributed by atoms with E-state index in [1.165, 1.54) is 19.1 Å². The summed E-state index contributed by atoms with van der Waals surface area (Å²) in [6.07, 6.45) is 1.72. The maximum absolute atomic E-state index is 11.9. The van der Waals surface area contributed by atoms with Gasteiger partial charge in [0, 0.05) is 19.1 Å². The Labute approximate surface area is 123 Å². The molecule has 0 aliphatic rings. The van der Waals surface area contributed by atoms with Gasteiger partial charge in [-0.25, -0.2) is 0 Å². The Hall–Kier alpha value is -2.05. The summed E-state index contributed by atoms with van der Waals surface area (Å²) in [5.74, 6) is -0.0819. The van der Waals surface area contributed by atoms with Crippen LogP contribution in [0.2, 0.25) is 0 Å². The maximum Gasteiger partial charge on any atom is 0.297 e. The van der Waals surface area contributed by atoms with Crippen molar-refractivity contribution in [3.63, 3.8) is 0 Å². The van der Waals surface area contributed by atoms with Crippen LogP contribution in [0.5, 0.6) is 0 Å². The molecule has 5 nitrogen and oxygen atoms in total. The van der Waals surface area contributed by atoms with Gasteiger partial charge in [-0.05, 0) is 18.2 Å². The van der Waals surface area contributed by atoms with E-state index in [9.17, 15) is 13.2 Å². The molecule has 1 heterocycles.